The summed E-state index contributed by atoms with van der Waals surface area (Å²) in [6.45, 7) is 0.993. The fourth-order valence-corrected chi connectivity index (χ4v) is 0. The standard InChI is InChI=1S/CH6O3Si.K/c1-5(2,3)4;/h2-4H,1H3;. The van der Waals surface area contributed by atoms with E-state index in [1.165, 1.54) is 0 Å². The molecule has 3 N–H and O–H groups in total. The van der Waals surface area contributed by atoms with Gasteiger partial charge in [0.25, 0.3) is 0 Å². The molecular weight excluding hydrogens is 127 g/mol. The van der Waals surface area contributed by atoms with E-state index in [4.69, 9.17) is 14.4 Å². The first-order chi connectivity index (χ1) is 2.00. The molecule has 0 saturated carbocycles. The Morgan fingerprint density at radius 3 is 1.17 bits per heavy atom. The Balaban J connectivity index is 0. The van der Waals surface area contributed by atoms with Gasteiger partial charge < -0.3 is 14.4 Å². The van der Waals surface area contributed by atoms with Crippen LogP contribution in [0.3, 0.4) is 0 Å². The molecule has 0 rings (SSSR count). The Kier molecular flexibility index (Phi) is 6.58. The van der Waals surface area contributed by atoms with E-state index in [0.29, 0.717) is 0 Å². The molecule has 0 aliphatic rings. The average Bonchev–Trinajstić information content (AvgIpc) is 0.722. The zero-order chi connectivity index (χ0) is 4.50. The summed E-state index contributed by atoms with van der Waals surface area (Å²) < 4.78 is 0. The first kappa shape index (κ1) is 10.7. The van der Waals surface area contributed by atoms with Crippen LogP contribution in [0.2, 0.25) is 6.55 Å². The fraction of sp³-hybridized carbons (Fsp3) is 1.00. The van der Waals surface area contributed by atoms with Crippen molar-refractivity contribution in [3.63, 3.8) is 0 Å². The van der Waals surface area contributed by atoms with Gasteiger partial charge in [0.15, 0.2) is 0 Å². The van der Waals surface area contributed by atoms with Crippen LogP contribution in [0, 0.1) is 0 Å². The van der Waals surface area contributed by atoms with E-state index < -0.39 is 8.80 Å². The number of rotatable bonds is 0. The second-order valence-corrected chi connectivity index (χ2v) is 2.91. The Morgan fingerprint density at radius 1 is 1.17 bits per heavy atom. The van der Waals surface area contributed by atoms with Gasteiger partial charge in [-0.1, -0.05) is 0 Å². The molecule has 33 valence electrons. The van der Waals surface area contributed by atoms with Gasteiger partial charge in [-0.25, -0.2) is 0 Å². The number of hydrogen-bond acceptors (Lipinski definition) is 3. The maximum Gasteiger partial charge on any atom is 0.489 e. The van der Waals surface area contributed by atoms with E-state index in [1.54, 1.807) is 0 Å². The summed E-state index contributed by atoms with van der Waals surface area (Å²) in [5.41, 5.74) is 0. The average molecular weight is 133 g/mol. The molecule has 0 aliphatic carbocycles. The van der Waals surface area contributed by atoms with Crippen LogP contribution in [-0.2, 0) is 0 Å². The first-order valence-corrected chi connectivity index (χ1v) is 3.51. The Hall–Kier alpha value is 1.73. The van der Waals surface area contributed by atoms with Crippen molar-refractivity contribution in [2.24, 2.45) is 0 Å². The quantitative estimate of drug-likeness (QED) is 0.340. The molecule has 0 saturated heterocycles. The van der Waals surface area contributed by atoms with Crippen LogP contribution < -0.4 is 0 Å². The molecule has 0 unspecified atom stereocenters. The molecule has 0 aromatic carbocycles. The van der Waals surface area contributed by atoms with E-state index in [1.807, 2.05) is 0 Å². The zero-order valence-corrected chi connectivity index (χ0v) is 7.96. The van der Waals surface area contributed by atoms with Gasteiger partial charge in [0.2, 0.25) is 0 Å². The summed E-state index contributed by atoms with van der Waals surface area (Å²) in [4.78, 5) is 23.3. The first-order valence-electron chi connectivity index (χ1n) is 1.17. The van der Waals surface area contributed by atoms with Crippen molar-refractivity contribution in [1.82, 2.24) is 0 Å². The molecule has 1 radical (unpaired) electrons. The summed E-state index contributed by atoms with van der Waals surface area (Å²) in [5, 5.41) is 0. The van der Waals surface area contributed by atoms with Gasteiger partial charge in [-0.05, 0) is 0 Å². The summed E-state index contributed by atoms with van der Waals surface area (Å²) in [6, 6.07) is 0. The molecular formula is CH6KO3Si. The summed E-state index contributed by atoms with van der Waals surface area (Å²) >= 11 is 0. The third kappa shape index (κ3) is 42.8. The van der Waals surface area contributed by atoms with Crippen molar-refractivity contribution in [1.29, 1.82) is 0 Å². The Morgan fingerprint density at radius 2 is 1.17 bits per heavy atom. The summed E-state index contributed by atoms with van der Waals surface area (Å²) in [7, 11) is -3.61. The molecule has 0 heterocycles. The van der Waals surface area contributed by atoms with Gasteiger partial charge in [-0.2, -0.15) is 0 Å². The van der Waals surface area contributed by atoms with E-state index in [-0.39, 0.29) is 51.4 Å². The van der Waals surface area contributed by atoms with Crippen molar-refractivity contribution in [3.05, 3.63) is 0 Å². The molecule has 0 amide bonds. The van der Waals surface area contributed by atoms with Crippen LogP contribution >= 0.6 is 0 Å². The van der Waals surface area contributed by atoms with Crippen molar-refractivity contribution < 1.29 is 14.4 Å². The van der Waals surface area contributed by atoms with Gasteiger partial charge >= 0.3 is 8.80 Å². The Labute approximate surface area is 79.8 Å². The van der Waals surface area contributed by atoms with Crippen molar-refractivity contribution >= 4 is 60.2 Å². The molecule has 0 atom stereocenters. The van der Waals surface area contributed by atoms with Crippen LogP contribution in [0.5, 0.6) is 0 Å². The topological polar surface area (TPSA) is 60.7 Å². The van der Waals surface area contributed by atoms with Crippen LogP contribution in [0.1, 0.15) is 0 Å². The van der Waals surface area contributed by atoms with E-state index in [2.05, 4.69) is 0 Å². The van der Waals surface area contributed by atoms with E-state index >= 15 is 0 Å². The third-order valence-electron chi connectivity index (χ3n) is 0. The molecule has 0 bridgehead atoms. The van der Waals surface area contributed by atoms with Crippen LogP contribution in [0.15, 0.2) is 0 Å². The molecule has 0 aromatic rings. The summed E-state index contributed by atoms with van der Waals surface area (Å²) in [5.74, 6) is 0. The predicted molar refractivity (Wildman–Crippen MR) is 24.0 cm³/mol. The zero-order valence-electron chi connectivity index (χ0n) is 3.84. The maximum absolute atomic E-state index is 7.77. The van der Waals surface area contributed by atoms with Crippen molar-refractivity contribution in [2.75, 3.05) is 0 Å². The number of hydrogen-bond donors (Lipinski definition) is 3. The Bertz CT molecular complexity index is 26.3. The van der Waals surface area contributed by atoms with Crippen LogP contribution in [0.4, 0.5) is 0 Å². The predicted octanol–water partition coefficient (Wildman–Crippen LogP) is -1.85. The molecule has 0 aliphatic heterocycles. The van der Waals surface area contributed by atoms with E-state index in [9.17, 15) is 0 Å². The summed E-state index contributed by atoms with van der Waals surface area (Å²) in [6.07, 6.45) is 0. The minimum Gasteiger partial charge on any atom is -0.390 e. The second-order valence-electron chi connectivity index (χ2n) is 0.971. The minimum absolute atomic E-state index is 0. The molecule has 3 nitrogen and oxygen atoms in total. The molecule has 0 spiro atoms. The SMILES string of the molecule is C[Si](O)(O)O.[K]. The second kappa shape index (κ2) is 3.70. The third-order valence-corrected chi connectivity index (χ3v) is 0. The van der Waals surface area contributed by atoms with E-state index in [0.717, 1.165) is 6.55 Å². The van der Waals surface area contributed by atoms with Crippen molar-refractivity contribution in [3.8, 4) is 0 Å². The van der Waals surface area contributed by atoms with Gasteiger partial charge in [0.05, 0.1) is 0 Å². The van der Waals surface area contributed by atoms with Crippen LogP contribution in [-0.4, -0.2) is 74.6 Å². The molecule has 5 heteroatoms. The largest absolute Gasteiger partial charge is 0.489 e. The van der Waals surface area contributed by atoms with Gasteiger partial charge in [-0.15, -0.1) is 0 Å². The smallest absolute Gasteiger partial charge is 0.390 e. The molecule has 0 fully saturated rings. The van der Waals surface area contributed by atoms with Gasteiger partial charge in [0.1, 0.15) is 0 Å². The van der Waals surface area contributed by atoms with Crippen molar-refractivity contribution in [2.45, 2.75) is 6.55 Å². The van der Waals surface area contributed by atoms with Gasteiger partial charge in [0, 0.05) is 57.9 Å². The normalized spacial score (nSPS) is 10.0. The monoisotopic (exact) mass is 133 g/mol. The molecule has 6 heavy (non-hydrogen) atoms. The van der Waals surface area contributed by atoms with Gasteiger partial charge in [-0.3, -0.25) is 0 Å². The minimum atomic E-state index is -3.61. The van der Waals surface area contributed by atoms with Crippen LogP contribution in [0.25, 0.3) is 0 Å². The fourth-order valence-electron chi connectivity index (χ4n) is 0. The maximum atomic E-state index is 7.77. The molecule has 0 aromatic heterocycles.